The Morgan fingerprint density at radius 2 is 2.05 bits per heavy atom. The molecule has 1 heterocycles. The molecular weight excluding hydrogens is 284 g/mol. The molecule has 0 spiro atoms. The first kappa shape index (κ1) is 15.1. The molecule has 21 heavy (non-hydrogen) atoms. The van der Waals surface area contributed by atoms with Crippen molar-refractivity contribution in [2.45, 2.75) is 0 Å². The molecular formula is C16H16N2O2S. The van der Waals surface area contributed by atoms with Gasteiger partial charge in [0.25, 0.3) is 5.91 Å². The molecule has 0 radical (unpaired) electrons. The van der Waals surface area contributed by atoms with Gasteiger partial charge in [0.15, 0.2) is 0 Å². The Hall–Kier alpha value is -2.29. The summed E-state index contributed by atoms with van der Waals surface area (Å²) in [5, 5.41) is 13.2. The molecule has 0 aliphatic heterocycles. The molecule has 0 fully saturated rings. The molecule has 1 amide bonds. The van der Waals surface area contributed by atoms with Crippen molar-refractivity contribution >= 4 is 28.6 Å². The average Bonchev–Trinajstić information content (AvgIpc) is 2.94. The molecule has 0 aliphatic rings. The summed E-state index contributed by atoms with van der Waals surface area (Å²) in [6, 6.07) is 9.35. The Bertz CT molecular complexity index is 678. The monoisotopic (exact) mass is 300 g/mol. The molecule has 1 aromatic heterocycles. The van der Waals surface area contributed by atoms with Crippen molar-refractivity contribution in [3.8, 4) is 11.8 Å². The predicted octanol–water partition coefficient (Wildman–Crippen LogP) is 2.41. The number of nitrogens with one attached hydrogen (secondary N) is 1. The molecule has 2 aromatic rings. The van der Waals surface area contributed by atoms with Crippen molar-refractivity contribution in [3.05, 3.63) is 46.2 Å². The van der Waals surface area contributed by atoms with E-state index in [0.29, 0.717) is 5.56 Å². The number of benzene rings is 1. The van der Waals surface area contributed by atoms with Crippen LogP contribution in [-0.2, 0) is 0 Å². The molecule has 5 heteroatoms. The molecule has 0 unspecified atom stereocenters. The molecule has 0 aliphatic carbocycles. The van der Waals surface area contributed by atoms with Crippen LogP contribution in [0.2, 0.25) is 0 Å². The first-order valence-corrected chi connectivity index (χ1v) is 7.25. The van der Waals surface area contributed by atoms with Crippen LogP contribution in [0.1, 0.15) is 15.2 Å². The maximum absolute atomic E-state index is 12.1. The fraction of sp³-hybridized carbons (Fsp3) is 0.188. The Morgan fingerprint density at radius 3 is 2.67 bits per heavy atom. The Morgan fingerprint density at radius 1 is 1.33 bits per heavy atom. The quantitative estimate of drug-likeness (QED) is 0.856. The third-order valence-electron chi connectivity index (χ3n) is 2.79. The van der Waals surface area contributed by atoms with E-state index in [1.807, 2.05) is 43.3 Å². The fourth-order valence-electron chi connectivity index (χ4n) is 1.69. The van der Waals surface area contributed by atoms with Crippen LogP contribution in [0, 0.1) is 11.8 Å². The van der Waals surface area contributed by atoms with Crippen LogP contribution in [0.4, 0.5) is 11.4 Å². The zero-order valence-corrected chi connectivity index (χ0v) is 12.7. The summed E-state index contributed by atoms with van der Waals surface area (Å²) in [4.78, 5) is 14.9. The van der Waals surface area contributed by atoms with Crippen LogP contribution in [0.5, 0.6) is 0 Å². The SMILES string of the molecule is CN(C)c1ccc(NC(=O)c2csc(C#CCO)c2)cc1. The van der Waals surface area contributed by atoms with E-state index in [-0.39, 0.29) is 12.5 Å². The largest absolute Gasteiger partial charge is 0.384 e. The van der Waals surface area contributed by atoms with Gasteiger partial charge in [-0.15, -0.1) is 11.3 Å². The number of amides is 1. The number of carbonyl (C=O) groups excluding carboxylic acids is 1. The van der Waals surface area contributed by atoms with Gasteiger partial charge >= 0.3 is 0 Å². The number of rotatable bonds is 3. The van der Waals surface area contributed by atoms with Crippen molar-refractivity contribution in [2.75, 3.05) is 30.9 Å². The van der Waals surface area contributed by atoms with E-state index in [4.69, 9.17) is 5.11 Å². The van der Waals surface area contributed by atoms with Gasteiger partial charge in [-0.25, -0.2) is 0 Å². The molecule has 4 nitrogen and oxygen atoms in total. The maximum Gasteiger partial charge on any atom is 0.256 e. The van der Waals surface area contributed by atoms with Gasteiger partial charge in [-0.2, -0.15) is 0 Å². The number of thiophene rings is 1. The lowest BCUT2D eigenvalue weighted by molar-refractivity contribution is 0.102. The molecule has 0 bridgehead atoms. The first-order valence-electron chi connectivity index (χ1n) is 6.37. The van der Waals surface area contributed by atoms with Crippen molar-refractivity contribution in [1.29, 1.82) is 0 Å². The Balaban J connectivity index is 2.05. The highest BCUT2D eigenvalue weighted by Gasteiger charge is 2.08. The zero-order chi connectivity index (χ0) is 15.2. The van der Waals surface area contributed by atoms with Crippen LogP contribution >= 0.6 is 11.3 Å². The second-order valence-electron chi connectivity index (χ2n) is 4.55. The van der Waals surface area contributed by atoms with E-state index in [2.05, 4.69) is 17.2 Å². The van der Waals surface area contributed by atoms with Crippen LogP contribution in [0.25, 0.3) is 0 Å². The van der Waals surface area contributed by atoms with Gasteiger partial charge in [-0.1, -0.05) is 11.8 Å². The summed E-state index contributed by atoms with van der Waals surface area (Å²) in [6.07, 6.45) is 0. The van der Waals surface area contributed by atoms with Gasteiger partial charge in [0.05, 0.1) is 10.4 Å². The third kappa shape index (κ3) is 4.09. The van der Waals surface area contributed by atoms with E-state index in [1.165, 1.54) is 11.3 Å². The van der Waals surface area contributed by atoms with Crippen LogP contribution in [0.15, 0.2) is 35.7 Å². The molecule has 108 valence electrons. The third-order valence-corrected chi connectivity index (χ3v) is 3.64. The zero-order valence-electron chi connectivity index (χ0n) is 11.9. The lowest BCUT2D eigenvalue weighted by Crippen LogP contribution is -2.11. The smallest absolute Gasteiger partial charge is 0.256 e. The van der Waals surface area contributed by atoms with Gasteiger partial charge in [0, 0.05) is 30.9 Å². The first-order chi connectivity index (χ1) is 10.1. The number of anilines is 2. The van der Waals surface area contributed by atoms with E-state index >= 15 is 0 Å². The standard InChI is InChI=1S/C16H16N2O2S/c1-18(2)14-7-5-13(6-8-14)17-16(20)12-10-15(21-11-12)4-3-9-19/h5-8,10-11,19H,9H2,1-2H3,(H,17,20). The Kier molecular flexibility index (Phi) is 4.99. The summed E-state index contributed by atoms with van der Waals surface area (Å²) >= 11 is 1.38. The predicted molar refractivity (Wildman–Crippen MR) is 87.0 cm³/mol. The second kappa shape index (κ2) is 6.93. The van der Waals surface area contributed by atoms with Gasteiger partial charge < -0.3 is 15.3 Å². The van der Waals surface area contributed by atoms with Crippen LogP contribution in [-0.4, -0.2) is 31.7 Å². The topological polar surface area (TPSA) is 52.6 Å². The van der Waals surface area contributed by atoms with Crippen LogP contribution < -0.4 is 10.2 Å². The molecule has 1 aromatic carbocycles. The normalized spacial score (nSPS) is 9.67. The van der Waals surface area contributed by atoms with E-state index in [0.717, 1.165) is 16.3 Å². The number of hydrogen-bond acceptors (Lipinski definition) is 4. The highest BCUT2D eigenvalue weighted by atomic mass is 32.1. The van der Waals surface area contributed by atoms with Crippen molar-refractivity contribution in [1.82, 2.24) is 0 Å². The molecule has 0 saturated carbocycles. The summed E-state index contributed by atoms with van der Waals surface area (Å²) in [5.74, 6) is 5.18. The summed E-state index contributed by atoms with van der Waals surface area (Å²) in [7, 11) is 3.93. The second-order valence-corrected chi connectivity index (χ2v) is 5.47. The number of nitrogens with zero attached hydrogens (tertiary/aromatic N) is 1. The van der Waals surface area contributed by atoms with E-state index < -0.39 is 0 Å². The minimum atomic E-state index is -0.183. The van der Waals surface area contributed by atoms with Gasteiger partial charge in [0.2, 0.25) is 0 Å². The number of carbonyl (C=O) groups is 1. The lowest BCUT2D eigenvalue weighted by Gasteiger charge is -2.12. The van der Waals surface area contributed by atoms with Crippen molar-refractivity contribution < 1.29 is 9.90 Å². The highest BCUT2D eigenvalue weighted by Crippen LogP contribution is 2.18. The van der Waals surface area contributed by atoms with Gasteiger partial charge in [-0.3, -0.25) is 4.79 Å². The number of aliphatic hydroxyl groups is 1. The molecule has 0 atom stereocenters. The number of aliphatic hydroxyl groups excluding tert-OH is 1. The minimum absolute atomic E-state index is 0.166. The van der Waals surface area contributed by atoms with Gasteiger partial charge in [-0.05, 0) is 30.3 Å². The van der Waals surface area contributed by atoms with Crippen molar-refractivity contribution in [2.24, 2.45) is 0 Å². The number of hydrogen-bond donors (Lipinski definition) is 2. The lowest BCUT2D eigenvalue weighted by atomic mass is 10.2. The molecule has 2 N–H and O–H groups in total. The Labute approximate surface area is 128 Å². The minimum Gasteiger partial charge on any atom is -0.384 e. The highest BCUT2D eigenvalue weighted by molar-refractivity contribution is 7.10. The average molecular weight is 300 g/mol. The van der Waals surface area contributed by atoms with E-state index in [1.54, 1.807) is 11.4 Å². The fourth-order valence-corrected chi connectivity index (χ4v) is 2.45. The summed E-state index contributed by atoms with van der Waals surface area (Å²) < 4.78 is 0. The van der Waals surface area contributed by atoms with E-state index in [9.17, 15) is 4.79 Å². The van der Waals surface area contributed by atoms with Gasteiger partial charge in [0.1, 0.15) is 6.61 Å². The molecule has 0 saturated heterocycles. The maximum atomic E-state index is 12.1. The summed E-state index contributed by atoms with van der Waals surface area (Å²) in [6.45, 7) is -0.183. The summed E-state index contributed by atoms with van der Waals surface area (Å²) in [5.41, 5.74) is 2.39. The molecule has 2 rings (SSSR count). The van der Waals surface area contributed by atoms with Crippen LogP contribution in [0.3, 0.4) is 0 Å². The van der Waals surface area contributed by atoms with Crippen molar-refractivity contribution in [3.63, 3.8) is 0 Å².